The zero-order valence-electron chi connectivity index (χ0n) is 10.7. The lowest BCUT2D eigenvalue weighted by atomic mass is 10.1. The molecule has 1 amide bonds. The molecule has 1 aromatic heterocycles. The molecule has 0 unspecified atom stereocenters. The average Bonchev–Trinajstić information content (AvgIpc) is 2.98. The SMILES string of the molecule is CC[C@@H](NC(=O)c1ccc(-n2cnnn2)cc1)C(=O)O. The third-order valence-electron chi connectivity index (χ3n) is 2.75. The highest BCUT2D eigenvalue weighted by molar-refractivity contribution is 5.96. The maximum atomic E-state index is 11.9. The summed E-state index contributed by atoms with van der Waals surface area (Å²) in [5, 5.41) is 22.1. The Morgan fingerprint density at radius 1 is 1.35 bits per heavy atom. The normalized spacial score (nSPS) is 11.8. The molecule has 20 heavy (non-hydrogen) atoms. The van der Waals surface area contributed by atoms with Crippen molar-refractivity contribution in [3.63, 3.8) is 0 Å². The molecule has 1 heterocycles. The van der Waals surface area contributed by atoms with Crippen molar-refractivity contribution in [2.45, 2.75) is 19.4 Å². The minimum absolute atomic E-state index is 0.323. The number of carboxylic acids is 1. The summed E-state index contributed by atoms with van der Waals surface area (Å²) in [6.07, 6.45) is 1.76. The van der Waals surface area contributed by atoms with Crippen molar-refractivity contribution in [3.8, 4) is 5.69 Å². The van der Waals surface area contributed by atoms with E-state index in [1.807, 2.05) is 0 Å². The second-order valence-corrected chi connectivity index (χ2v) is 4.07. The number of nitrogens with one attached hydrogen (secondary N) is 1. The molecule has 0 aliphatic heterocycles. The van der Waals surface area contributed by atoms with Gasteiger partial charge in [0.05, 0.1) is 5.69 Å². The topological polar surface area (TPSA) is 110 Å². The molecule has 2 aromatic rings. The van der Waals surface area contributed by atoms with E-state index in [2.05, 4.69) is 20.8 Å². The van der Waals surface area contributed by atoms with Crippen LogP contribution in [0.1, 0.15) is 23.7 Å². The van der Waals surface area contributed by atoms with Crippen LogP contribution in [-0.2, 0) is 4.79 Å². The Labute approximate surface area is 114 Å². The van der Waals surface area contributed by atoms with Crippen LogP contribution in [0.25, 0.3) is 5.69 Å². The minimum Gasteiger partial charge on any atom is -0.480 e. The molecule has 0 aliphatic rings. The van der Waals surface area contributed by atoms with Gasteiger partial charge in [-0.15, -0.1) is 5.10 Å². The number of aliphatic carboxylic acids is 1. The van der Waals surface area contributed by atoms with Gasteiger partial charge in [0.25, 0.3) is 5.91 Å². The van der Waals surface area contributed by atoms with Gasteiger partial charge >= 0.3 is 5.97 Å². The van der Waals surface area contributed by atoms with E-state index in [0.717, 1.165) is 0 Å². The second kappa shape index (κ2) is 5.91. The monoisotopic (exact) mass is 275 g/mol. The summed E-state index contributed by atoms with van der Waals surface area (Å²) in [4.78, 5) is 22.8. The molecule has 0 saturated carbocycles. The molecule has 8 nitrogen and oxygen atoms in total. The van der Waals surface area contributed by atoms with Crippen LogP contribution >= 0.6 is 0 Å². The molecule has 1 aromatic carbocycles. The lowest BCUT2D eigenvalue weighted by molar-refractivity contribution is -0.139. The Morgan fingerprint density at radius 2 is 2.05 bits per heavy atom. The van der Waals surface area contributed by atoms with Crippen molar-refractivity contribution in [2.24, 2.45) is 0 Å². The van der Waals surface area contributed by atoms with Crippen LogP contribution in [0, 0.1) is 0 Å². The highest BCUT2D eigenvalue weighted by Crippen LogP contribution is 2.08. The summed E-state index contributed by atoms with van der Waals surface area (Å²) in [5.41, 5.74) is 1.08. The standard InChI is InChI=1S/C12H13N5O3/c1-2-10(12(19)20)14-11(18)8-3-5-9(6-4-8)17-7-13-15-16-17/h3-7,10H,2H2,1H3,(H,14,18)(H,19,20)/t10-/m1/s1. The first-order valence-corrected chi connectivity index (χ1v) is 5.99. The van der Waals surface area contributed by atoms with Gasteiger partial charge in [0.15, 0.2) is 0 Å². The number of hydrogen-bond acceptors (Lipinski definition) is 5. The fraction of sp³-hybridized carbons (Fsp3) is 0.250. The number of carboxylic acid groups (broad SMARTS) is 1. The predicted molar refractivity (Wildman–Crippen MR) is 68.3 cm³/mol. The summed E-state index contributed by atoms with van der Waals surface area (Å²) in [5.74, 6) is -1.48. The Morgan fingerprint density at radius 3 is 2.55 bits per heavy atom. The average molecular weight is 275 g/mol. The van der Waals surface area contributed by atoms with Crippen LogP contribution in [0.3, 0.4) is 0 Å². The van der Waals surface area contributed by atoms with E-state index in [-0.39, 0.29) is 0 Å². The van der Waals surface area contributed by atoms with Gasteiger partial charge in [-0.1, -0.05) is 6.92 Å². The van der Waals surface area contributed by atoms with E-state index in [9.17, 15) is 9.59 Å². The van der Waals surface area contributed by atoms with Gasteiger partial charge in [0.2, 0.25) is 0 Å². The minimum atomic E-state index is -1.05. The van der Waals surface area contributed by atoms with Crippen LogP contribution < -0.4 is 5.32 Å². The van der Waals surface area contributed by atoms with Crippen LogP contribution in [0.5, 0.6) is 0 Å². The van der Waals surface area contributed by atoms with Crippen LogP contribution in [0.15, 0.2) is 30.6 Å². The fourth-order valence-corrected chi connectivity index (χ4v) is 1.63. The highest BCUT2D eigenvalue weighted by Gasteiger charge is 2.18. The van der Waals surface area contributed by atoms with E-state index in [1.54, 1.807) is 31.2 Å². The van der Waals surface area contributed by atoms with Gasteiger partial charge in [0.1, 0.15) is 12.4 Å². The molecule has 0 radical (unpaired) electrons. The number of carbonyl (C=O) groups is 2. The quantitative estimate of drug-likeness (QED) is 0.809. The van der Waals surface area contributed by atoms with Crippen molar-refractivity contribution >= 4 is 11.9 Å². The predicted octanol–water partition coefficient (Wildman–Crippen LogP) is 0.255. The number of aromatic nitrogens is 4. The Balaban J connectivity index is 2.10. The third-order valence-corrected chi connectivity index (χ3v) is 2.75. The number of rotatable bonds is 5. The van der Waals surface area contributed by atoms with Gasteiger partial charge in [-0.2, -0.15) is 0 Å². The van der Waals surface area contributed by atoms with Crippen molar-refractivity contribution in [2.75, 3.05) is 0 Å². The molecule has 0 aliphatic carbocycles. The molecule has 0 fully saturated rings. The number of amides is 1. The largest absolute Gasteiger partial charge is 0.480 e. The third kappa shape index (κ3) is 2.97. The summed E-state index contributed by atoms with van der Waals surface area (Å²) < 4.78 is 1.45. The molecular weight excluding hydrogens is 262 g/mol. The molecule has 1 atom stereocenters. The van der Waals surface area contributed by atoms with Crippen molar-refractivity contribution in [3.05, 3.63) is 36.2 Å². The molecular formula is C12H13N5O3. The van der Waals surface area contributed by atoms with Crippen molar-refractivity contribution < 1.29 is 14.7 Å². The molecule has 0 bridgehead atoms. The van der Waals surface area contributed by atoms with Crippen LogP contribution in [0.2, 0.25) is 0 Å². The molecule has 0 saturated heterocycles. The van der Waals surface area contributed by atoms with Crippen molar-refractivity contribution in [1.29, 1.82) is 0 Å². The molecule has 2 N–H and O–H groups in total. The van der Waals surface area contributed by atoms with Gasteiger partial charge < -0.3 is 10.4 Å². The number of benzene rings is 1. The van der Waals surface area contributed by atoms with Gasteiger partial charge in [-0.05, 0) is 41.1 Å². The molecule has 0 spiro atoms. The maximum absolute atomic E-state index is 11.9. The molecule has 104 valence electrons. The maximum Gasteiger partial charge on any atom is 0.326 e. The lowest BCUT2D eigenvalue weighted by Gasteiger charge is -2.12. The first kappa shape index (κ1) is 13.7. The number of nitrogens with zero attached hydrogens (tertiary/aromatic N) is 4. The van der Waals surface area contributed by atoms with Crippen molar-refractivity contribution in [1.82, 2.24) is 25.5 Å². The Bertz CT molecular complexity index is 594. The van der Waals surface area contributed by atoms with Gasteiger partial charge in [-0.25, -0.2) is 9.48 Å². The smallest absolute Gasteiger partial charge is 0.326 e. The molecule has 8 heteroatoms. The second-order valence-electron chi connectivity index (χ2n) is 4.07. The van der Waals surface area contributed by atoms with Gasteiger partial charge in [-0.3, -0.25) is 4.79 Å². The van der Waals surface area contributed by atoms with E-state index in [4.69, 9.17) is 5.11 Å². The highest BCUT2D eigenvalue weighted by atomic mass is 16.4. The molecule has 2 rings (SSSR count). The van der Waals surface area contributed by atoms with Crippen LogP contribution in [0.4, 0.5) is 0 Å². The Hall–Kier alpha value is -2.77. The number of hydrogen-bond donors (Lipinski definition) is 2. The Kier molecular flexibility index (Phi) is 4.04. The number of carbonyl (C=O) groups excluding carboxylic acids is 1. The number of tetrazole rings is 1. The summed E-state index contributed by atoms with van der Waals surface area (Å²) in [7, 11) is 0. The summed E-state index contributed by atoms with van der Waals surface area (Å²) in [6, 6.07) is 5.63. The van der Waals surface area contributed by atoms with Crippen LogP contribution in [-0.4, -0.2) is 43.2 Å². The van der Waals surface area contributed by atoms with E-state index in [0.29, 0.717) is 17.7 Å². The lowest BCUT2D eigenvalue weighted by Crippen LogP contribution is -2.40. The van der Waals surface area contributed by atoms with E-state index < -0.39 is 17.9 Å². The van der Waals surface area contributed by atoms with E-state index >= 15 is 0 Å². The summed E-state index contributed by atoms with van der Waals surface area (Å²) in [6.45, 7) is 1.69. The fourth-order valence-electron chi connectivity index (χ4n) is 1.63. The zero-order valence-corrected chi connectivity index (χ0v) is 10.7. The first-order chi connectivity index (χ1) is 9.61. The van der Waals surface area contributed by atoms with Gasteiger partial charge in [0, 0.05) is 5.56 Å². The summed E-state index contributed by atoms with van der Waals surface area (Å²) >= 11 is 0. The van der Waals surface area contributed by atoms with E-state index in [1.165, 1.54) is 11.0 Å². The first-order valence-electron chi connectivity index (χ1n) is 5.99. The zero-order chi connectivity index (χ0) is 14.5.